The van der Waals surface area contributed by atoms with E-state index in [-0.39, 0.29) is 5.91 Å². The maximum atomic E-state index is 11.8. The molecular weight excluding hydrogens is 236 g/mol. The molecule has 1 N–H and O–H groups in total. The molecule has 0 aliphatic carbocycles. The van der Waals surface area contributed by atoms with Gasteiger partial charge in [-0.05, 0) is 17.7 Å². The Morgan fingerprint density at radius 1 is 0.947 bits per heavy atom. The highest BCUT2D eigenvalue weighted by molar-refractivity contribution is 5.95. The number of allylic oxidation sites excluding steroid dienone is 1. The quantitative estimate of drug-likeness (QED) is 0.849. The number of hydrogen-bond donors (Lipinski definition) is 1. The number of nitriles is 1. The summed E-state index contributed by atoms with van der Waals surface area (Å²) in [5.41, 5.74) is 1.76. The topological polar surface area (TPSA) is 52.9 Å². The summed E-state index contributed by atoms with van der Waals surface area (Å²) >= 11 is 0. The molecule has 0 fully saturated rings. The fourth-order valence-electron chi connectivity index (χ4n) is 1.61. The fourth-order valence-corrected chi connectivity index (χ4v) is 1.61. The average Bonchev–Trinajstić information content (AvgIpc) is 2.49. The van der Waals surface area contributed by atoms with Gasteiger partial charge in [0.2, 0.25) is 0 Å². The molecule has 19 heavy (non-hydrogen) atoms. The second-order valence-corrected chi connectivity index (χ2v) is 3.88. The molecule has 3 heteroatoms. The van der Waals surface area contributed by atoms with Crippen molar-refractivity contribution in [2.45, 2.75) is 0 Å². The van der Waals surface area contributed by atoms with Gasteiger partial charge in [-0.3, -0.25) is 4.79 Å². The smallest absolute Gasteiger partial charge is 0.255 e. The summed E-state index contributed by atoms with van der Waals surface area (Å²) in [5.74, 6) is -0.232. The molecule has 0 bridgehead atoms. The zero-order valence-electron chi connectivity index (χ0n) is 10.2. The van der Waals surface area contributed by atoms with E-state index in [1.165, 1.54) is 6.20 Å². The maximum Gasteiger partial charge on any atom is 0.255 e. The van der Waals surface area contributed by atoms with Crippen LogP contribution in [0.15, 0.2) is 66.9 Å². The normalized spacial score (nSPS) is 10.6. The minimum absolute atomic E-state index is 0.232. The third kappa shape index (κ3) is 3.30. The standard InChI is InChI=1S/C16H12N2O/c17-11-15(13-7-3-1-4-8-13)12-18-16(19)14-9-5-2-6-10-14/h1-10,12H,(H,18,19)/b15-12-. The van der Waals surface area contributed by atoms with E-state index in [1.807, 2.05) is 36.4 Å². The van der Waals surface area contributed by atoms with Crippen LogP contribution in [0.1, 0.15) is 15.9 Å². The minimum Gasteiger partial charge on any atom is -0.327 e. The molecule has 0 aromatic heterocycles. The molecule has 0 atom stereocenters. The summed E-state index contributed by atoms with van der Waals surface area (Å²) in [7, 11) is 0. The first-order valence-electron chi connectivity index (χ1n) is 5.83. The number of amides is 1. The van der Waals surface area contributed by atoms with E-state index in [0.29, 0.717) is 11.1 Å². The van der Waals surface area contributed by atoms with Crippen molar-refractivity contribution in [2.24, 2.45) is 0 Å². The van der Waals surface area contributed by atoms with Crippen molar-refractivity contribution in [1.82, 2.24) is 5.32 Å². The molecule has 0 spiro atoms. The second kappa shape index (κ2) is 6.18. The van der Waals surface area contributed by atoms with Crippen molar-refractivity contribution in [2.75, 3.05) is 0 Å². The summed E-state index contributed by atoms with van der Waals surface area (Å²) in [6, 6.07) is 20.2. The Morgan fingerprint density at radius 2 is 1.47 bits per heavy atom. The van der Waals surface area contributed by atoms with Crippen LogP contribution in [0.3, 0.4) is 0 Å². The molecule has 1 amide bonds. The Bertz CT molecular complexity index is 625. The lowest BCUT2D eigenvalue weighted by atomic mass is 10.1. The first-order chi connectivity index (χ1) is 9.31. The van der Waals surface area contributed by atoms with E-state index >= 15 is 0 Å². The predicted molar refractivity (Wildman–Crippen MR) is 73.9 cm³/mol. The van der Waals surface area contributed by atoms with Gasteiger partial charge in [-0.15, -0.1) is 0 Å². The van der Waals surface area contributed by atoms with E-state index in [2.05, 4.69) is 11.4 Å². The van der Waals surface area contributed by atoms with E-state index in [9.17, 15) is 4.79 Å². The SMILES string of the molecule is N#C/C(=C/NC(=O)c1ccccc1)c1ccccc1. The molecule has 0 aliphatic heterocycles. The van der Waals surface area contributed by atoms with Crippen LogP contribution < -0.4 is 5.32 Å². The lowest BCUT2D eigenvalue weighted by Crippen LogP contribution is -2.17. The van der Waals surface area contributed by atoms with Crippen molar-refractivity contribution in [3.8, 4) is 6.07 Å². The molecule has 2 aromatic rings. The number of carbonyl (C=O) groups is 1. The van der Waals surface area contributed by atoms with Gasteiger partial charge >= 0.3 is 0 Å². The van der Waals surface area contributed by atoms with Gasteiger partial charge in [0.15, 0.2) is 0 Å². The third-order valence-corrected chi connectivity index (χ3v) is 2.59. The molecule has 92 valence electrons. The molecule has 2 rings (SSSR count). The predicted octanol–water partition coefficient (Wildman–Crippen LogP) is 2.98. The maximum absolute atomic E-state index is 11.8. The average molecular weight is 248 g/mol. The monoisotopic (exact) mass is 248 g/mol. The first-order valence-corrected chi connectivity index (χ1v) is 5.83. The van der Waals surface area contributed by atoms with E-state index < -0.39 is 0 Å². The van der Waals surface area contributed by atoms with Crippen molar-refractivity contribution >= 4 is 11.5 Å². The minimum atomic E-state index is -0.232. The number of rotatable bonds is 3. The lowest BCUT2D eigenvalue weighted by molar-refractivity contribution is 0.0970. The lowest BCUT2D eigenvalue weighted by Gasteiger charge is -2.02. The molecule has 2 aromatic carbocycles. The van der Waals surface area contributed by atoms with E-state index in [0.717, 1.165) is 5.56 Å². The van der Waals surface area contributed by atoms with Gasteiger partial charge in [0, 0.05) is 11.8 Å². The summed E-state index contributed by atoms with van der Waals surface area (Å²) in [4.78, 5) is 11.8. The highest BCUT2D eigenvalue weighted by Crippen LogP contribution is 2.11. The summed E-state index contributed by atoms with van der Waals surface area (Å²) in [6.07, 6.45) is 1.44. The van der Waals surface area contributed by atoms with Crippen LogP contribution in [0, 0.1) is 11.3 Å². The van der Waals surface area contributed by atoms with Crippen molar-refractivity contribution in [3.63, 3.8) is 0 Å². The van der Waals surface area contributed by atoms with Gasteiger partial charge < -0.3 is 5.32 Å². The zero-order valence-corrected chi connectivity index (χ0v) is 10.2. The van der Waals surface area contributed by atoms with Crippen LogP contribution in [-0.4, -0.2) is 5.91 Å². The number of nitrogens with one attached hydrogen (secondary N) is 1. The van der Waals surface area contributed by atoms with Crippen molar-refractivity contribution < 1.29 is 4.79 Å². The molecule has 0 saturated heterocycles. The largest absolute Gasteiger partial charge is 0.327 e. The summed E-state index contributed by atoms with van der Waals surface area (Å²) in [5, 5.41) is 11.7. The number of nitrogens with zero attached hydrogens (tertiary/aromatic N) is 1. The Hall–Kier alpha value is -2.86. The summed E-state index contributed by atoms with van der Waals surface area (Å²) in [6.45, 7) is 0. The van der Waals surface area contributed by atoms with Crippen LogP contribution in [0.5, 0.6) is 0 Å². The molecule has 0 saturated carbocycles. The number of benzene rings is 2. The Balaban J connectivity index is 2.14. The van der Waals surface area contributed by atoms with Crippen LogP contribution in [0.4, 0.5) is 0 Å². The van der Waals surface area contributed by atoms with Crippen molar-refractivity contribution in [1.29, 1.82) is 5.26 Å². The van der Waals surface area contributed by atoms with E-state index in [1.54, 1.807) is 24.3 Å². The van der Waals surface area contributed by atoms with Crippen LogP contribution in [-0.2, 0) is 0 Å². The molecule has 0 aliphatic rings. The number of carbonyl (C=O) groups excluding carboxylic acids is 1. The fraction of sp³-hybridized carbons (Fsp3) is 0. The Morgan fingerprint density at radius 3 is 2.00 bits per heavy atom. The first kappa shape index (κ1) is 12.6. The van der Waals surface area contributed by atoms with Crippen molar-refractivity contribution in [3.05, 3.63) is 78.0 Å². The zero-order chi connectivity index (χ0) is 13.5. The van der Waals surface area contributed by atoms with Gasteiger partial charge in [-0.2, -0.15) is 5.26 Å². The molecular formula is C16H12N2O. The highest BCUT2D eigenvalue weighted by Gasteiger charge is 2.04. The molecule has 3 nitrogen and oxygen atoms in total. The van der Waals surface area contributed by atoms with Gasteiger partial charge in [0.1, 0.15) is 6.07 Å². The van der Waals surface area contributed by atoms with Gasteiger partial charge in [0.05, 0.1) is 5.57 Å². The molecule has 0 heterocycles. The number of hydrogen-bond acceptors (Lipinski definition) is 2. The summed E-state index contributed by atoms with van der Waals surface area (Å²) < 4.78 is 0. The van der Waals surface area contributed by atoms with Crippen LogP contribution in [0.2, 0.25) is 0 Å². The van der Waals surface area contributed by atoms with Crippen LogP contribution in [0.25, 0.3) is 5.57 Å². The van der Waals surface area contributed by atoms with Crippen LogP contribution >= 0.6 is 0 Å². The van der Waals surface area contributed by atoms with Gasteiger partial charge in [0.25, 0.3) is 5.91 Å². The van der Waals surface area contributed by atoms with E-state index in [4.69, 9.17) is 5.26 Å². The van der Waals surface area contributed by atoms with Gasteiger partial charge in [-0.25, -0.2) is 0 Å². The van der Waals surface area contributed by atoms with Gasteiger partial charge in [-0.1, -0.05) is 48.5 Å². The second-order valence-electron chi connectivity index (χ2n) is 3.88. The third-order valence-electron chi connectivity index (χ3n) is 2.59. The molecule has 0 radical (unpaired) electrons. The Kier molecular flexibility index (Phi) is 4.09. The molecule has 0 unspecified atom stereocenters. The highest BCUT2D eigenvalue weighted by atomic mass is 16.1. The Labute approximate surface area is 111 Å².